The number of thioether (sulfide) groups is 1. The predicted octanol–water partition coefficient (Wildman–Crippen LogP) is 2.07. The van der Waals surface area contributed by atoms with Gasteiger partial charge in [0.25, 0.3) is 0 Å². The molecule has 2 N–H and O–H groups in total. The smallest absolute Gasteiger partial charge is 0.239 e. The van der Waals surface area contributed by atoms with Gasteiger partial charge in [-0.2, -0.15) is 10.1 Å². The van der Waals surface area contributed by atoms with Crippen molar-refractivity contribution in [1.82, 2.24) is 15.2 Å². The van der Waals surface area contributed by atoms with Crippen LogP contribution in [0.5, 0.6) is 0 Å². The Labute approximate surface area is 109 Å². The molecule has 0 saturated carbocycles. The maximum atomic E-state index is 11.8. The molecule has 1 atom stereocenters. The lowest BCUT2D eigenvalue weighted by molar-refractivity contribution is -0.115. The first-order valence-corrected chi connectivity index (χ1v) is 6.62. The lowest BCUT2D eigenvalue weighted by Crippen LogP contribution is -2.23. The highest BCUT2D eigenvalue weighted by atomic mass is 32.2. The van der Waals surface area contributed by atoms with Gasteiger partial charge in [0.15, 0.2) is 0 Å². The molecule has 0 bridgehead atoms. The Morgan fingerprint density at radius 1 is 1.44 bits per heavy atom. The quantitative estimate of drug-likeness (QED) is 0.865. The zero-order chi connectivity index (χ0) is 12.8. The van der Waals surface area contributed by atoms with Gasteiger partial charge in [-0.3, -0.25) is 10.1 Å². The summed E-state index contributed by atoms with van der Waals surface area (Å²) < 4.78 is 0. The van der Waals surface area contributed by atoms with Gasteiger partial charge in [-0.25, -0.2) is 5.10 Å². The summed E-state index contributed by atoms with van der Waals surface area (Å²) in [5, 5.41) is 8.79. The normalized spacial score (nSPS) is 12.1. The van der Waals surface area contributed by atoms with Crippen LogP contribution in [0.2, 0.25) is 0 Å². The van der Waals surface area contributed by atoms with Gasteiger partial charge >= 0.3 is 0 Å². The molecular formula is C12H14N4OS. The zero-order valence-corrected chi connectivity index (χ0v) is 10.8. The molecule has 0 fully saturated rings. The summed E-state index contributed by atoms with van der Waals surface area (Å²) in [4.78, 5) is 15.7. The van der Waals surface area contributed by atoms with Crippen molar-refractivity contribution < 1.29 is 4.79 Å². The van der Waals surface area contributed by atoms with E-state index < -0.39 is 0 Å². The number of aromatic nitrogens is 3. The van der Waals surface area contributed by atoms with Crippen molar-refractivity contribution in [2.24, 2.45) is 0 Å². The first-order valence-electron chi connectivity index (χ1n) is 5.57. The molecule has 18 heavy (non-hydrogen) atoms. The van der Waals surface area contributed by atoms with E-state index in [0.29, 0.717) is 5.95 Å². The van der Waals surface area contributed by atoms with Crippen LogP contribution >= 0.6 is 11.8 Å². The van der Waals surface area contributed by atoms with Crippen molar-refractivity contribution in [2.75, 3.05) is 5.32 Å². The first kappa shape index (κ1) is 12.6. The Bertz CT molecular complexity index is 486. The number of aromatic amines is 1. The molecule has 1 heterocycles. The molecule has 0 spiro atoms. The molecule has 6 heteroatoms. The van der Waals surface area contributed by atoms with Crippen LogP contribution in [0.1, 0.15) is 12.5 Å². The van der Waals surface area contributed by atoms with Crippen molar-refractivity contribution in [3.05, 3.63) is 42.2 Å². The molecule has 0 aliphatic rings. The second-order valence-corrected chi connectivity index (χ2v) is 5.09. The number of nitrogens with zero attached hydrogens (tertiary/aromatic N) is 2. The van der Waals surface area contributed by atoms with Crippen LogP contribution < -0.4 is 5.32 Å². The average Bonchev–Trinajstić information content (AvgIpc) is 2.90. The van der Waals surface area contributed by atoms with Crippen molar-refractivity contribution in [3.8, 4) is 0 Å². The van der Waals surface area contributed by atoms with E-state index in [1.54, 1.807) is 11.8 Å². The first-order chi connectivity index (χ1) is 8.75. The number of carbonyl (C=O) groups is 1. The summed E-state index contributed by atoms with van der Waals surface area (Å²) in [6, 6.07) is 10.1. The lowest BCUT2D eigenvalue weighted by atomic mass is 10.2. The SMILES string of the molecule is CC(SCc1ccccc1)C(=O)Nc1ncn[nH]1. The Kier molecular flexibility index (Phi) is 4.35. The molecule has 1 amide bonds. The number of benzene rings is 1. The van der Waals surface area contributed by atoms with E-state index in [9.17, 15) is 4.79 Å². The van der Waals surface area contributed by atoms with Crippen LogP contribution in [0.3, 0.4) is 0 Å². The molecule has 5 nitrogen and oxygen atoms in total. The monoisotopic (exact) mass is 262 g/mol. The summed E-state index contributed by atoms with van der Waals surface area (Å²) in [6.07, 6.45) is 1.36. The van der Waals surface area contributed by atoms with Crippen LogP contribution in [-0.4, -0.2) is 26.3 Å². The Morgan fingerprint density at radius 2 is 2.22 bits per heavy atom. The zero-order valence-electron chi connectivity index (χ0n) is 9.96. The molecule has 0 aliphatic heterocycles. The number of hydrogen-bond acceptors (Lipinski definition) is 4. The molecule has 0 radical (unpaired) electrons. The van der Waals surface area contributed by atoms with Gasteiger partial charge in [0.05, 0.1) is 5.25 Å². The van der Waals surface area contributed by atoms with Gasteiger partial charge in [-0.1, -0.05) is 30.3 Å². The van der Waals surface area contributed by atoms with Crippen LogP contribution in [0.4, 0.5) is 5.95 Å². The van der Waals surface area contributed by atoms with E-state index in [-0.39, 0.29) is 11.2 Å². The summed E-state index contributed by atoms with van der Waals surface area (Å²) in [6.45, 7) is 1.87. The second kappa shape index (κ2) is 6.20. The van der Waals surface area contributed by atoms with E-state index in [4.69, 9.17) is 0 Å². The van der Waals surface area contributed by atoms with E-state index in [1.165, 1.54) is 11.9 Å². The number of anilines is 1. The fraction of sp³-hybridized carbons (Fsp3) is 0.250. The summed E-state index contributed by atoms with van der Waals surface area (Å²) in [5.41, 5.74) is 1.21. The third-order valence-corrected chi connectivity index (χ3v) is 3.58. The largest absolute Gasteiger partial charge is 0.294 e. The van der Waals surface area contributed by atoms with E-state index in [0.717, 1.165) is 5.75 Å². The van der Waals surface area contributed by atoms with E-state index in [1.807, 2.05) is 37.3 Å². The van der Waals surface area contributed by atoms with Gasteiger partial charge in [0.1, 0.15) is 6.33 Å². The molecule has 2 aromatic rings. The minimum Gasteiger partial charge on any atom is -0.294 e. The molecule has 1 aromatic heterocycles. The molecule has 94 valence electrons. The maximum absolute atomic E-state index is 11.8. The summed E-state index contributed by atoms with van der Waals surface area (Å²) >= 11 is 1.59. The standard InChI is InChI=1S/C12H14N4OS/c1-9(11(17)15-12-13-8-14-16-12)18-7-10-5-3-2-4-6-10/h2-6,8-9H,7H2,1H3,(H2,13,14,15,16,17). The highest BCUT2D eigenvalue weighted by Gasteiger charge is 2.14. The second-order valence-electron chi connectivity index (χ2n) is 3.76. The van der Waals surface area contributed by atoms with Gasteiger partial charge < -0.3 is 0 Å². The number of nitrogens with one attached hydrogen (secondary N) is 2. The third kappa shape index (κ3) is 3.59. The Morgan fingerprint density at radius 3 is 2.89 bits per heavy atom. The van der Waals surface area contributed by atoms with Crippen molar-refractivity contribution in [1.29, 1.82) is 0 Å². The highest BCUT2D eigenvalue weighted by molar-refractivity contribution is 7.99. The van der Waals surface area contributed by atoms with Crippen LogP contribution in [0.25, 0.3) is 0 Å². The molecule has 1 aromatic carbocycles. The number of amides is 1. The third-order valence-electron chi connectivity index (χ3n) is 2.37. The van der Waals surface area contributed by atoms with Crippen LogP contribution in [0.15, 0.2) is 36.7 Å². The fourth-order valence-electron chi connectivity index (χ4n) is 1.36. The Balaban J connectivity index is 1.81. The minimum absolute atomic E-state index is 0.0762. The molecule has 0 saturated heterocycles. The number of hydrogen-bond donors (Lipinski definition) is 2. The van der Waals surface area contributed by atoms with E-state index in [2.05, 4.69) is 20.5 Å². The summed E-state index contributed by atoms with van der Waals surface area (Å²) in [5.74, 6) is 1.12. The van der Waals surface area contributed by atoms with Gasteiger partial charge in [0, 0.05) is 5.75 Å². The molecule has 0 aliphatic carbocycles. The maximum Gasteiger partial charge on any atom is 0.239 e. The van der Waals surface area contributed by atoms with E-state index >= 15 is 0 Å². The number of carbonyl (C=O) groups excluding carboxylic acids is 1. The number of rotatable bonds is 5. The number of H-pyrrole nitrogens is 1. The van der Waals surface area contributed by atoms with Gasteiger partial charge in [-0.15, -0.1) is 11.8 Å². The Hall–Kier alpha value is -1.82. The van der Waals surface area contributed by atoms with Crippen LogP contribution in [-0.2, 0) is 10.5 Å². The fourth-order valence-corrected chi connectivity index (χ4v) is 2.20. The van der Waals surface area contributed by atoms with Crippen LogP contribution in [0, 0.1) is 0 Å². The highest BCUT2D eigenvalue weighted by Crippen LogP contribution is 2.18. The predicted molar refractivity (Wildman–Crippen MR) is 72.2 cm³/mol. The summed E-state index contributed by atoms with van der Waals surface area (Å²) in [7, 11) is 0. The van der Waals surface area contributed by atoms with Crippen molar-refractivity contribution >= 4 is 23.6 Å². The average molecular weight is 262 g/mol. The van der Waals surface area contributed by atoms with Gasteiger partial charge in [0.2, 0.25) is 11.9 Å². The van der Waals surface area contributed by atoms with Crippen molar-refractivity contribution in [3.63, 3.8) is 0 Å². The lowest BCUT2D eigenvalue weighted by Gasteiger charge is -2.10. The molecule has 1 unspecified atom stereocenters. The molecule has 2 rings (SSSR count). The van der Waals surface area contributed by atoms with Crippen molar-refractivity contribution in [2.45, 2.75) is 17.9 Å². The van der Waals surface area contributed by atoms with Gasteiger partial charge in [-0.05, 0) is 12.5 Å². The minimum atomic E-state index is -0.143. The topological polar surface area (TPSA) is 70.7 Å². The molecular weight excluding hydrogens is 248 g/mol.